The summed E-state index contributed by atoms with van der Waals surface area (Å²) >= 11 is 6.85. The van der Waals surface area contributed by atoms with Crippen LogP contribution in [0.4, 0.5) is 11.4 Å². The maximum atomic E-state index is 12.5. The van der Waals surface area contributed by atoms with E-state index in [1.807, 2.05) is 43.3 Å². The van der Waals surface area contributed by atoms with Crippen LogP contribution in [0.2, 0.25) is 0 Å². The minimum atomic E-state index is -0.508. The lowest BCUT2D eigenvalue weighted by atomic mass is 10.1. The molecule has 0 aliphatic rings. The van der Waals surface area contributed by atoms with Crippen molar-refractivity contribution in [1.82, 2.24) is 0 Å². The Balaban J connectivity index is 1.69. The largest absolute Gasteiger partial charge is 0.481 e. The number of rotatable bonds is 7. The first-order chi connectivity index (χ1) is 15.9. The van der Waals surface area contributed by atoms with Crippen LogP contribution >= 0.6 is 31.9 Å². The third kappa shape index (κ3) is 7.04. The average molecular weight is 569 g/mol. The molecular formula is C25H19Br2N3O3. The van der Waals surface area contributed by atoms with Crippen molar-refractivity contribution in [2.75, 3.05) is 17.2 Å². The summed E-state index contributed by atoms with van der Waals surface area (Å²) in [5, 5.41) is 14.9. The van der Waals surface area contributed by atoms with Crippen LogP contribution in [0.25, 0.3) is 6.08 Å². The molecule has 2 amide bonds. The number of carbonyl (C=O) groups is 2. The lowest BCUT2D eigenvalue weighted by Crippen LogP contribution is -2.20. The van der Waals surface area contributed by atoms with Gasteiger partial charge in [0.1, 0.15) is 17.4 Å². The Morgan fingerprint density at radius 2 is 1.58 bits per heavy atom. The molecule has 0 aliphatic heterocycles. The van der Waals surface area contributed by atoms with Crippen LogP contribution in [-0.2, 0) is 9.59 Å². The van der Waals surface area contributed by atoms with E-state index in [1.54, 1.807) is 36.4 Å². The van der Waals surface area contributed by atoms with Gasteiger partial charge >= 0.3 is 0 Å². The third-order valence-electron chi connectivity index (χ3n) is 4.41. The van der Waals surface area contributed by atoms with Gasteiger partial charge in [-0.25, -0.2) is 0 Å². The molecular weight excluding hydrogens is 550 g/mol. The van der Waals surface area contributed by atoms with Gasteiger partial charge in [-0.1, -0.05) is 35.9 Å². The molecule has 3 aromatic rings. The van der Waals surface area contributed by atoms with Crippen molar-refractivity contribution >= 4 is 61.1 Å². The molecule has 166 valence electrons. The summed E-state index contributed by atoms with van der Waals surface area (Å²) in [4.78, 5) is 24.6. The van der Waals surface area contributed by atoms with Gasteiger partial charge in [-0.05, 0) is 86.8 Å². The zero-order valence-electron chi connectivity index (χ0n) is 17.6. The van der Waals surface area contributed by atoms with Crippen LogP contribution in [-0.4, -0.2) is 18.4 Å². The second-order valence-corrected chi connectivity index (χ2v) is 8.72. The van der Waals surface area contributed by atoms with E-state index < -0.39 is 5.91 Å². The molecule has 0 radical (unpaired) electrons. The number of nitrogens with one attached hydrogen (secondary N) is 2. The average Bonchev–Trinajstić information content (AvgIpc) is 2.79. The Bertz CT molecular complexity index is 1210. The van der Waals surface area contributed by atoms with E-state index in [0.29, 0.717) is 31.6 Å². The van der Waals surface area contributed by atoms with Gasteiger partial charge < -0.3 is 15.4 Å². The normalized spacial score (nSPS) is 10.8. The van der Waals surface area contributed by atoms with Crippen molar-refractivity contribution in [1.29, 1.82) is 5.26 Å². The fourth-order valence-corrected chi connectivity index (χ4v) is 4.26. The molecule has 0 saturated carbocycles. The number of hydrogen-bond donors (Lipinski definition) is 2. The highest BCUT2D eigenvalue weighted by Gasteiger charge is 2.14. The van der Waals surface area contributed by atoms with Gasteiger partial charge in [-0.3, -0.25) is 9.59 Å². The summed E-state index contributed by atoms with van der Waals surface area (Å²) < 4.78 is 6.78. The molecule has 2 N–H and O–H groups in total. The maximum absolute atomic E-state index is 12.5. The number of hydrogen-bond acceptors (Lipinski definition) is 4. The summed E-state index contributed by atoms with van der Waals surface area (Å²) in [5.41, 5.74) is 2.90. The quantitative estimate of drug-likeness (QED) is 0.267. The van der Waals surface area contributed by atoms with E-state index in [0.717, 1.165) is 5.56 Å². The van der Waals surface area contributed by atoms with E-state index in [2.05, 4.69) is 42.5 Å². The number of ether oxygens (including phenoxy) is 1. The Morgan fingerprint density at radius 1 is 0.970 bits per heavy atom. The molecule has 0 fully saturated rings. The molecule has 0 unspecified atom stereocenters. The molecule has 0 aromatic heterocycles. The number of nitrogens with zero attached hydrogens (tertiary/aromatic N) is 1. The highest BCUT2D eigenvalue weighted by atomic mass is 79.9. The number of para-hydroxylation sites is 1. The molecule has 0 spiro atoms. The monoisotopic (exact) mass is 567 g/mol. The van der Waals surface area contributed by atoms with Crippen molar-refractivity contribution < 1.29 is 14.3 Å². The molecule has 3 rings (SSSR count). The Labute approximate surface area is 208 Å². The predicted molar refractivity (Wildman–Crippen MR) is 136 cm³/mol. The van der Waals surface area contributed by atoms with Gasteiger partial charge in [0.05, 0.1) is 8.95 Å². The van der Waals surface area contributed by atoms with Crippen LogP contribution in [0.1, 0.15) is 11.1 Å². The minimum absolute atomic E-state index is 0.0507. The van der Waals surface area contributed by atoms with Gasteiger partial charge in [0.2, 0.25) is 0 Å². The van der Waals surface area contributed by atoms with Crippen molar-refractivity contribution in [3.63, 3.8) is 0 Å². The van der Waals surface area contributed by atoms with Crippen molar-refractivity contribution in [2.45, 2.75) is 6.92 Å². The lowest BCUT2D eigenvalue weighted by molar-refractivity contribution is -0.118. The summed E-state index contributed by atoms with van der Waals surface area (Å²) in [5.74, 6) is -0.381. The Kier molecular flexibility index (Phi) is 8.41. The van der Waals surface area contributed by atoms with Crippen molar-refractivity contribution in [3.05, 3.63) is 92.4 Å². The van der Waals surface area contributed by atoms with Gasteiger partial charge in [-0.2, -0.15) is 5.26 Å². The second-order valence-electron chi connectivity index (χ2n) is 7.01. The van der Waals surface area contributed by atoms with Gasteiger partial charge in [0.15, 0.2) is 6.61 Å². The lowest BCUT2D eigenvalue weighted by Gasteiger charge is -2.12. The first kappa shape index (κ1) is 24.2. The molecule has 0 bridgehead atoms. The van der Waals surface area contributed by atoms with Crippen LogP contribution in [0, 0.1) is 18.3 Å². The molecule has 0 saturated heterocycles. The number of anilines is 2. The number of benzene rings is 3. The number of halogens is 2. The third-order valence-corrected chi connectivity index (χ3v) is 5.59. The fraction of sp³-hybridized carbons (Fsp3) is 0.0800. The van der Waals surface area contributed by atoms with E-state index in [9.17, 15) is 14.9 Å². The molecule has 0 heterocycles. The zero-order chi connectivity index (χ0) is 23.8. The van der Waals surface area contributed by atoms with Crippen LogP contribution in [0.15, 0.2) is 81.2 Å². The molecule has 33 heavy (non-hydrogen) atoms. The first-order valence-electron chi connectivity index (χ1n) is 9.82. The second kappa shape index (κ2) is 11.5. The van der Waals surface area contributed by atoms with Crippen molar-refractivity contribution in [3.8, 4) is 11.8 Å². The summed E-state index contributed by atoms with van der Waals surface area (Å²) in [6.45, 7) is 1.76. The number of aryl methyl sites for hydroxylation is 1. The van der Waals surface area contributed by atoms with Crippen LogP contribution in [0.5, 0.6) is 5.75 Å². The van der Waals surface area contributed by atoms with Gasteiger partial charge in [0, 0.05) is 11.4 Å². The van der Waals surface area contributed by atoms with E-state index >= 15 is 0 Å². The van der Waals surface area contributed by atoms with Crippen LogP contribution < -0.4 is 15.4 Å². The van der Waals surface area contributed by atoms with E-state index in [-0.39, 0.29) is 18.1 Å². The Hall–Kier alpha value is -3.41. The molecule has 8 heteroatoms. The molecule has 0 aliphatic carbocycles. The smallest absolute Gasteiger partial charge is 0.266 e. The SMILES string of the molecule is Cc1ccc(NC(=O)/C(C#N)=C\c2cc(Br)c(OCC(=O)Nc3ccccc3)c(Br)c2)cc1. The zero-order valence-corrected chi connectivity index (χ0v) is 20.7. The fourth-order valence-electron chi connectivity index (χ4n) is 2.81. The summed E-state index contributed by atoms with van der Waals surface area (Å²) in [7, 11) is 0. The van der Waals surface area contributed by atoms with Crippen LogP contribution in [0.3, 0.4) is 0 Å². The number of amides is 2. The topological polar surface area (TPSA) is 91.2 Å². The molecule has 0 atom stereocenters. The van der Waals surface area contributed by atoms with E-state index in [4.69, 9.17) is 4.74 Å². The predicted octanol–water partition coefficient (Wildman–Crippen LogP) is 6.08. The highest BCUT2D eigenvalue weighted by molar-refractivity contribution is 9.11. The first-order valence-corrected chi connectivity index (χ1v) is 11.4. The Morgan fingerprint density at radius 3 is 2.18 bits per heavy atom. The molecule has 6 nitrogen and oxygen atoms in total. The van der Waals surface area contributed by atoms with E-state index in [1.165, 1.54) is 6.08 Å². The molecule has 3 aromatic carbocycles. The number of carbonyl (C=O) groups excluding carboxylic acids is 2. The van der Waals surface area contributed by atoms with Crippen molar-refractivity contribution in [2.24, 2.45) is 0 Å². The standard InChI is InChI=1S/C25H19Br2N3O3/c1-16-7-9-20(10-8-16)30-25(32)18(14-28)11-17-12-21(26)24(22(27)13-17)33-15-23(31)29-19-5-3-2-4-6-19/h2-13H,15H2,1H3,(H,29,31)(H,30,32)/b18-11-. The van der Waals surface area contributed by atoms with Gasteiger partial charge in [0.25, 0.3) is 11.8 Å². The summed E-state index contributed by atoms with van der Waals surface area (Å²) in [6.07, 6.45) is 1.48. The minimum Gasteiger partial charge on any atom is -0.481 e. The summed E-state index contributed by atoms with van der Waals surface area (Å²) in [6, 6.07) is 21.7. The number of nitriles is 1. The van der Waals surface area contributed by atoms with Gasteiger partial charge in [-0.15, -0.1) is 0 Å². The highest BCUT2D eigenvalue weighted by Crippen LogP contribution is 2.35. The maximum Gasteiger partial charge on any atom is 0.266 e.